The number of carbonyl (C=O) groups excluding carboxylic acids is 2. The van der Waals surface area contributed by atoms with Gasteiger partial charge in [0.2, 0.25) is 0 Å². The van der Waals surface area contributed by atoms with Crippen molar-refractivity contribution in [3.8, 4) is 11.5 Å². The van der Waals surface area contributed by atoms with Gasteiger partial charge in [0, 0.05) is 34.8 Å². The van der Waals surface area contributed by atoms with E-state index in [1.165, 1.54) is 17.0 Å². The summed E-state index contributed by atoms with van der Waals surface area (Å²) in [5.41, 5.74) is 3.53. The number of nitrogens with zero attached hydrogens (tertiary/aromatic N) is 1. The van der Waals surface area contributed by atoms with Gasteiger partial charge < -0.3 is 24.8 Å². The number of ketones is 1. The number of phenolic OH excluding ortho intramolecular Hbond substituents is 1. The number of likely N-dealkylation sites (tertiary alicyclic amines) is 1. The Morgan fingerprint density at radius 2 is 1.79 bits per heavy atom. The van der Waals surface area contributed by atoms with E-state index in [9.17, 15) is 19.8 Å². The number of para-hydroxylation sites is 1. The van der Waals surface area contributed by atoms with E-state index in [2.05, 4.69) is 4.98 Å². The molecular formula is C32H32N2O5. The Morgan fingerprint density at radius 3 is 2.51 bits per heavy atom. The van der Waals surface area contributed by atoms with Gasteiger partial charge in [0.25, 0.3) is 11.7 Å². The number of hydrogen-bond acceptors (Lipinski definition) is 5. The van der Waals surface area contributed by atoms with Crippen molar-refractivity contribution < 1.29 is 24.5 Å². The molecule has 0 spiro atoms. The molecule has 39 heavy (non-hydrogen) atoms. The quantitative estimate of drug-likeness (QED) is 0.167. The van der Waals surface area contributed by atoms with Crippen molar-refractivity contribution >= 4 is 28.4 Å². The lowest BCUT2D eigenvalue weighted by atomic mass is 9.84. The number of Topliss-reactive ketones (excluding diaryl/α,β-unsaturated/α-hetero) is 1. The molecule has 0 radical (unpaired) electrons. The van der Waals surface area contributed by atoms with Crippen LogP contribution in [0.1, 0.15) is 49.1 Å². The number of aromatic amines is 1. The summed E-state index contributed by atoms with van der Waals surface area (Å²) in [7, 11) is 1.59. The highest BCUT2D eigenvalue weighted by molar-refractivity contribution is 6.46. The van der Waals surface area contributed by atoms with Gasteiger partial charge in [-0.2, -0.15) is 0 Å². The second-order valence-corrected chi connectivity index (χ2v) is 10.9. The highest BCUT2D eigenvalue weighted by Crippen LogP contribution is 2.41. The smallest absolute Gasteiger partial charge is 0.295 e. The molecule has 200 valence electrons. The Hall–Kier alpha value is -4.52. The van der Waals surface area contributed by atoms with E-state index < -0.39 is 17.7 Å². The summed E-state index contributed by atoms with van der Waals surface area (Å²) in [5, 5.41) is 22.8. The minimum absolute atomic E-state index is 0.00504. The zero-order valence-electron chi connectivity index (χ0n) is 22.5. The van der Waals surface area contributed by atoms with E-state index in [4.69, 9.17) is 4.74 Å². The third kappa shape index (κ3) is 4.76. The average Bonchev–Trinajstić information content (AvgIpc) is 3.44. The topological polar surface area (TPSA) is 103 Å². The summed E-state index contributed by atoms with van der Waals surface area (Å²) in [6, 6.07) is 18.7. The van der Waals surface area contributed by atoms with Crippen molar-refractivity contribution in [2.75, 3.05) is 13.7 Å². The molecule has 3 N–H and O–H groups in total. The van der Waals surface area contributed by atoms with Crippen molar-refractivity contribution in [2.24, 2.45) is 0 Å². The summed E-state index contributed by atoms with van der Waals surface area (Å²) < 4.78 is 5.53. The van der Waals surface area contributed by atoms with Crippen LogP contribution in [0.25, 0.3) is 16.7 Å². The number of aromatic nitrogens is 1. The molecular weight excluding hydrogens is 492 g/mol. The van der Waals surface area contributed by atoms with E-state index in [1.54, 1.807) is 37.4 Å². The van der Waals surface area contributed by atoms with E-state index in [-0.39, 0.29) is 29.0 Å². The lowest BCUT2D eigenvalue weighted by molar-refractivity contribution is -0.139. The highest BCUT2D eigenvalue weighted by atomic mass is 16.5. The summed E-state index contributed by atoms with van der Waals surface area (Å²) in [4.78, 5) is 31.6. The number of aliphatic hydroxyl groups is 1. The highest BCUT2D eigenvalue weighted by Gasteiger charge is 2.46. The number of carbonyl (C=O) groups is 2. The second-order valence-electron chi connectivity index (χ2n) is 10.9. The van der Waals surface area contributed by atoms with Crippen LogP contribution in [0.2, 0.25) is 0 Å². The maximum Gasteiger partial charge on any atom is 0.295 e. The molecule has 1 aromatic heterocycles. The van der Waals surface area contributed by atoms with Gasteiger partial charge in [-0.15, -0.1) is 0 Å². The Bertz CT molecular complexity index is 1610. The summed E-state index contributed by atoms with van der Waals surface area (Å²) in [6.07, 6.45) is 2.42. The molecule has 0 bridgehead atoms. The van der Waals surface area contributed by atoms with E-state index in [0.717, 1.165) is 22.0 Å². The largest absolute Gasteiger partial charge is 0.508 e. The monoisotopic (exact) mass is 524 g/mol. The molecule has 0 aliphatic carbocycles. The molecule has 7 heteroatoms. The standard InChI is InChI=1S/C32H32N2O5/c1-32(2,3)24-17-20(12-13-26(24)39-4)29(36)27-28(19-8-7-9-22(35)16-19)34(31(38)30(27)37)15-14-21-18-33-25-11-6-5-10-23(21)25/h5-13,16-18,28,33,35-36H,14-15H2,1-4H3/b29-27+. The summed E-state index contributed by atoms with van der Waals surface area (Å²) >= 11 is 0. The zero-order chi connectivity index (χ0) is 27.9. The number of nitrogens with one attached hydrogen (secondary N) is 1. The van der Waals surface area contributed by atoms with E-state index in [1.807, 2.05) is 51.2 Å². The number of fused-ring (bicyclic) bond motifs is 1. The lowest BCUT2D eigenvalue weighted by Crippen LogP contribution is -2.31. The zero-order valence-corrected chi connectivity index (χ0v) is 22.5. The van der Waals surface area contributed by atoms with Crippen LogP contribution in [0.5, 0.6) is 11.5 Å². The van der Waals surface area contributed by atoms with Crippen LogP contribution in [0.4, 0.5) is 0 Å². The van der Waals surface area contributed by atoms with Crippen molar-refractivity contribution in [1.82, 2.24) is 9.88 Å². The van der Waals surface area contributed by atoms with Gasteiger partial charge in [-0.25, -0.2) is 0 Å². The fourth-order valence-electron chi connectivity index (χ4n) is 5.33. The maximum atomic E-state index is 13.5. The molecule has 1 unspecified atom stereocenters. The molecule has 5 rings (SSSR count). The van der Waals surface area contributed by atoms with Crippen LogP contribution in [0.3, 0.4) is 0 Å². The van der Waals surface area contributed by atoms with Crippen molar-refractivity contribution in [3.63, 3.8) is 0 Å². The number of methoxy groups -OCH3 is 1. The number of hydrogen-bond donors (Lipinski definition) is 3. The number of phenols is 1. The van der Waals surface area contributed by atoms with Crippen LogP contribution in [-0.4, -0.2) is 45.4 Å². The predicted molar refractivity (Wildman–Crippen MR) is 151 cm³/mol. The molecule has 1 aliphatic heterocycles. The number of benzene rings is 3. The first kappa shape index (κ1) is 26.1. The first-order valence-corrected chi connectivity index (χ1v) is 12.9. The first-order chi connectivity index (χ1) is 18.6. The number of amides is 1. The average molecular weight is 525 g/mol. The van der Waals surface area contributed by atoms with Crippen LogP contribution in [0, 0.1) is 0 Å². The second kappa shape index (κ2) is 9.98. The molecule has 3 aromatic carbocycles. The van der Waals surface area contributed by atoms with Crippen molar-refractivity contribution in [2.45, 2.75) is 38.6 Å². The van der Waals surface area contributed by atoms with Gasteiger partial charge in [0.05, 0.1) is 18.7 Å². The van der Waals surface area contributed by atoms with Gasteiger partial charge in [0.15, 0.2) is 0 Å². The Balaban J connectivity index is 1.60. The molecule has 1 saturated heterocycles. The minimum atomic E-state index is -0.859. The number of aromatic hydroxyl groups is 1. The minimum Gasteiger partial charge on any atom is -0.508 e. The molecule has 1 amide bonds. The maximum absolute atomic E-state index is 13.5. The van der Waals surface area contributed by atoms with Crippen LogP contribution in [-0.2, 0) is 21.4 Å². The number of ether oxygens (including phenoxy) is 1. The molecule has 1 fully saturated rings. The lowest BCUT2D eigenvalue weighted by Gasteiger charge is -2.26. The number of rotatable bonds is 6. The van der Waals surface area contributed by atoms with Crippen molar-refractivity contribution in [3.05, 3.63) is 101 Å². The van der Waals surface area contributed by atoms with Gasteiger partial charge in [-0.3, -0.25) is 9.59 Å². The van der Waals surface area contributed by atoms with Gasteiger partial charge in [-0.05, 0) is 59.4 Å². The SMILES string of the molecule is COc1ccc(/C(O)=C2\C(=O)C(=O)N(CCc3c[nH]c4ccccc34)C2c2cccc(O)c2)cc1C(C)(C)C. The molecule has 0 saturated carbocycles. The third-order valence-electron chi connectivity index (χ3n) is 7.30. The van der Waals surface area contributed by atoms with E-state index in [0.29, 0.717) is 23.3 Å². The van der Waals surface area contributed by atoms with Gasteiger partial charge in [0.1, 0.15) is 17.3 Å². The Morgan fingerprint density at radius 1 is 1.03 bits per heavy atom. The fourth-order valence-corrected chi connectivity index (χ4v) is 5.33. The molecule has 4 aromatic rings. The third-order valence-corrected chi connectivity index (χ3v) is 7.30. The van der Waals surface area contributed by atoms with Crippen LogP contribution < -0.4 is 4.74 Å². The predicted octanol–water partition coefficient (Wildman–Crippen LogP) is 5.84. The number of H-pyrrole nitrogens is 1. The Labute approximate surface area is 227 Å². The van der Waals surface area contributed by atoms with Gasteiger partial charge in [-0.1, -0.05) is 51.1 Å². The molecule has 7 nitrogen and oxygen atoms in total. The summed E-state index contributed by atoms with van der Waals surface area (Å²) in [6.45, 7) is 6.35. The molecule has 1 atom stereocenters. The van der Waals surface area contributed by atoms with Crippen molar-refractivity contribution in [1.29, 1.82) is 0 Å². The van der Waals surface area contributed by atoms with Crippen LogP contribution >= 0.6 is 0 Å². The first-order valence-electron chi connectivity index (χ1n) is 12.9. The molecule has 1 aliphatic rings. The normalized spacial score (nSPS) is 17.2. The number of aliphatic hydroxyl groups excluding tert-OH is 1. The Kier molecular flexibility index (Phi) is 6.68. The summed E-state index contributed by atoms with van der Waals surface area (Å²) in [5.74, 6) is -1.02. The fraction of sp³-hybridized carbons (Fsp3) is 0.250. The molecule has 2 heterocycles. The van der Waals surface area contributed by atoms with E-state index >= 15 is 0 Å². The van der Waals surface area contributed by atoms with Crippen LogP contribution in [0.15, 0.2) is 78.5 Å². The van der Waals surface area contributed by atoms with Gasteiger partial charge >= 0.3 is 0 Å².